The van der Waals surface area contributed by atoms with Gasteiger partial charge in [0.1, 0.15) is 11.5 Å². The van der Waals surface area contributed by atoms with Crippen molar-refractivity contribution in [1.29, 1.82) is 0 Å². The summed E-state index contributed by atoms with van der Waals surface area (Å²) in [6.45, 7) is 0. The van der Waals surface area contributed by atoms with Crippen molar-refractivity contribution in [1.82, 2.24) is 0 Å². The van der Waals surface area contributed by atoms with Crippen LogP contribution in [0.4, 0.5) is 17.1 Å². The normalized spacial score (nSPS) is 10.9. The van der Waals surface area contributed by atoms with Crippen LogP contribution in [0.1, 0.15) is 11.1 Å². The standard InChI is InChI=1S/C26H21NO2/c28-25-10-4-8-23(18-25)27(24-9-5-11-26(29)19-24)22-16-14-21(15-17-22)13-12-20-6-2-1-3-7-20/h1-19,28-29H. The van der Waals surface area contributed by atoms with Gasteiger partial charge in [-0.1, -0.05) is 66.7 Å². The molecule has 4 aromatic carbocycles. The predicted octanol–water partition coefficient (Wildman–Crippen LogP) is 6.74. The summed E-state index contributed by atoms with van der Waals surface area (Å²) in [4.78, 5) is 1.99. The second-order valence-electron chi connectivity index (χ2n) is 6.71. The summed E-state index contributed by atoms with van der Waals surface area (Å²) in [7, 11) is 0. The Morgan fingerprint density at radius 1 is 0.483 bits per heavy atom. The van der Waals surface area contributed by atoms with Gasteiger partial charge in [0.2, 0.25) is 0 Å². The highest BCUT2D eigenvalue weighted by Crippen LogP contribution is 2.37. The maximum atomic E-state index is 9.95. The summed E-state index contributed by atoms with van der Waals surface area (Å²) in [6.07, 6.45) is 4.16. The number of benzene rings is 4. The van der Waals surface area contributed by atoms with Crippen LogP contribution in [0.15, 0.2) is 103 Å². The van der Waals surface area contributed by atoms with Crippen molar-refractivity contribution >= 4 is 29.2 Å². The zero-order chi connectivity index (χ0) is 20.1. The van der Waals surface area contributed by atoms with E-state index < -0.39 is 0 Å². The topological polar surface area (TPSA) is 43.7 Å². The first-order chi connectivity index (χ1) is 14.2. The Morgan fingerprint density at radius 3 is 1.52 bits per heavy atom. The quantitative estimate of drug-likeness (QED) is 0.377. The van der Waals surface area contributed by atoms with Gasteiger partial charge in [-0.3, -0.25) is 0 Å². The third kappa shape index (κ3) is 4.47. The lowest BCUT2D eigenvalue weighted by molar-refractivity contribution is 0.475. The van der Waals surface area contributed by atoms with E-state index in [-0.39, 0.29) is 11.5 Å². The molecule has 0 saturated carbocycles. The summed E-state index contributed by atoms with van der Waals surface area (Å²) in [5, 5.41) is 19.9. The van der Waals surface area contributed by atoms with Crippen molar-refractivity contribution in [3.8, 4) is 11.5 Å². The van der Waals surface area contributed by atoms with Crippen LogP contribution in [-0.2, 0) is 0 Å². The molecule has 142 valence electrons. The Labute approximate surface area is 170 Å². The number of nitrogens with zero attached hydrogens (tertiary/aromatic N) is 1. The molecule has 0 aliphatic rings. The third-order valence-corrected chi connectivity index (χ3v) is 4.59. The Kier molecular flexibility index (Phi) is 5.30. The maximum Gasteiger partial charge on any atom is 0.117 e. The molecule has 0 aromatic heterocycles. The van der Waals surface area contributed by atoms with Crippen molar-refractivity contribution in [3.05, 3.63) is 114 Å². The minimum Gasteiger partial charge on any atom is -0.508 e. The van der Waals surface area contributed by atoms with Gasteiger partial charge in [-0.05, 0) is 47.5 Å². The van der Waals surface area contributed by atoms with Gasteiger partial charge >= 0.3 is 0 Å². The monoisotopic (exact) mass is 379 g/mol. The van der Waals surface area contributed by atoms with Crippen molar-refractivity contribution < 1.29 is 10.2 Å². The number of phenols is 2. The van der Waals surface area contributed by atoms with E-state index >= 15 is 0 Å². The summed E-state index contributed by atoms with van der Waals surface area (Å²) < 4.78 is 0. The summed E-state index contributed by atoms with van der Waals surface area (Å²) in [6, 6.07) is 32.5. The minimum atomic E-state index is 0.190. The Bertz CT molecular complexity index is 1070. The molecular formula is C26H21NO2. The van der Waals surface area contributed by atoms with E-state index in [0.29, 0.717) is 0 Å². The SMILES string of the molecule is Oc1cccc(N(c2ccc(C=Cc3ccccc3)cc2)c2cccc(O)c2)c1. The highest BCUT2D eigenvalue weighted by Gasteiger charge is 2.13. The minimum absolute atomic E-state index is 0.190. The van der Waals surface area contributed by atoms with E-state index in [0.717, 1.165) is 28.2 Å². The largest absolute Gasteiger partial charge is 0.508 e. The van der Waals surface area contributed by atoms with Gasteiger partial charge in [-0.2, -0.15) is 0 Å². The first-order valence-electron chi connectivity index (χ1n) is 9.40. The van der Waals surface area contributed by atoms with Gasteiger partial charge in [0.15, 0.2) is 0 Å². The second kappa shape index (κ2) is 8.36. The number of hydrogen-bond acceptors (Lipinski definition) is 3. The lowest BCUT2D eigenvalue weighted by Gasteiger charge is -2.25. The molecule has 0 saturated heterocycles. The molecule has 0 atom stereocenters. The molecule has 0 aliphatic carbocycles. The van der Waals surface area contributed by atoms with E-state index in [1.54, 1.807) is 36.4 Å². The van der Waals surface area contributed by atoms with Crippen molar-refractivity contribution in [2.45, 2.75) is 0 Å². The molecule has 0 amide bonds. The Morgan fingerprint density at radius 2 is 1.00 bits per heavy atom. The van der Waals surface area contributed by atoms with E-state index in [4.69, 9.17) is 0 Å². The number of hydrogen-bond donors (Lipinski definition) is 2. The summed E-state index contributed by atoms with van der Waals surface area (Å²) in [5.41, 5.74) is 4.78. The highest BCUT2D eigenvalue weighted by molar-refractivity contribution is 5.79. The first kappa shape index (κ1) is 18.4. The number of phenolic OH excluding ortho intramolecular Hbond substituents is 2. The molecule has 0 radical (unpaired) electrons. The van der Waals surface area contributed by atoms with Crippen LogP contribution >= 0.6 is 0 Å². The van der Waals surface area contributed by atoms with Crippen LogP contribution in [-0.4, -0.2) is 10.2 Å². The van der Waals surface area contributed by atoms with Gasteiger partial charge < -0.3 is 15.1 Å². The zero-order valence-electron chi connectivity index (χ0n) is 15.8. The van der Waals surface area contributed by atoms with Gasteiger partial charge in [0.05, 0.1) is 0 Å². The molecule has 2 N–H and O–H groups in total. The molecule has 0 aliphatic heterocycles. The van der Waals surface area contributed by atoms with Gasteiger partial charge in [-0.15, -0.1) is 0 Å². The van der Waals surface area contributed by atoms with Crippen LogP contribution in [0.5, 0.6) is 11.5 Å². The molecule has 0 spiro atoms. The fourth-order valence-electron chi connectivity index (χ4n) is 3.20. The average Bonchev–Trinajstić information content (AvgIpc) is 2.74. The zero-order valence-corrected chi connectivity index (χ0v) is 15.8. The third-order valence-electron chi connectivity index (χ3n) is 4.59. The van der Waals surface area contributed by atoms with Crippen molar-refractivity contribution in [2.24, 2.45) is 0 Å². The Hall–Kier alpha value is -3.98. The van der Waals surface area contributed by atoms with Crippen LogP contribution in [0.2, 0.25) is 0 Å². The molecule has 4 aromatic rings. The van der Waals surface area contributed by atoms with Crippen molar-refractivity contribution in [2.75, 3.05) is 4.90 Å². The Balaban J connectivity index is 1.68. The van der Waals surface area contributed by atoms with Crippen molar-refractivity contribution in [3.63, 3.8) is 0 Å². The molecule has 4 rings (SSSR count). The predicted molar refractivity (Wildman–Crippen MR) is 120 cm³/mol. The molecule has 29 heavy (non-hydrogen) atoms. The van der Waals surface area contributed by atoms with Crippen LogP contribution in [0.3, 0.4) is 0 Å². The lowest BCUT2D eigenvalue weighted by Crippen LogP contribution is -2.09. The molecule has 3 heteroatoms. The molecule has 0 unspecified atom stereocenters. The van der Waals surface area contributed by atoms with Gasteiger partial charge in [0, 0.05) is 29.2 Å². The van der Waals surface area contributed by atoms with E-state index in [2.05, 4.69) is 24.3 Å². The van der Waals surface area contributed by atoms with Crippen LogP contribution in [0, 0.1) is 0 Å². The molecular weight excluding hydrogens is 358 g/mol. The molecule has 0 bridgehead atoms. The lowest BCUT2D eigenvalue weighted by atomic mass is 10.1. The summed E-state index contributed by atoms with van der Waals surface area (Å²) >= 11 is 0. The fourth-order valence-corrected chi connectivity index (χ4v) is 3.20. The van der Waals surface area contributed by atoms with E-state index in [1.165, 1.54) is 0 Å². The average molecular weight is 379 g/mol. The van der Waals surface area contributed by atoms with E-state index in [1.807, 2.05) is 59.5 Å². The first-order valence-corrected chi connectivity index (χ1v) is 9.40. The van der Waals surface area contributed by atoms with E-state index in [9.17, 15) is 10.2 Å². The second-order valence-corrected chi connectivity index (χ2v) is 6.71. The number of aromatic hydroxyl groups is 2. The molecule has 3 nitrogen and oxygen atoms in total. The maximum absolute atomic E-state index is 9.95. The van der Waals surface area contributed by atoms with Gasteiger partial charge in [-0.25, -0.2) is 0 Å². The van der Waals surface area contributed by atoms with Gasteiger partial charge in [0.25, 0.3) is 0 Å². The number of anilines is 3. The fraction of sp³-hybridized carbons (Fsp3) is 0. The van der Waals surface area contributed by atoms with Crippen LogP contribution < -0.4 is 4.90 Å². The van der Waals surface area contributed by atoms with Crippen LogP contribution in [0.25, 0.3) is 12.2 Å². The number of rotatable bonds is 5. The smallest absolute Gasteiger partial charge is 0.117 e. The highest BCUT2D eigenvalue weighted by atomic mass is 16.3. The molecule has 0 heterocycles. The summed E-state index contributed by atoms with van der Waals surface area (Å²) in [5.74, 6) is 0.380. The molecule has 0 fully saturated rings.